The molecule has 0 N–H and O–H groups in total. The van der Waals surface area contributed by atoms with E-state index >= 15 is 0 Å². The van der Waals surface area contributed by atoms with E-state index in [4.69, 9.17) is 13.0 Å². The van der Waals surface area contributed by atoms with Crippen molar-refractivity contribution in [1.82, 2.24) is 0 Å². The first-order valence-electron chi connectivity index (χ1n) is 8.27. The molecule has 0 unspecified atom stereocenters. The summed E-state index contributed by atoms with van der Waals surface area (Å²) in [6, 6.07) is 32.2. The van der Waals surface area contributed by atoms with Crippen LogP contribution in [0.15, 0.2) is 96.0 Å². The summed E-state index contributed by atoms with van der Waals surface area (Å²) in [6.45, 7) is 0. The minimum Gasteiger partial charge on any atom is -0.741 e. The Morgan fingerprint density at radius 3 is 1.41 bits per heavy atom. The molecule has 152 valence electrons. The normalized spacial score (nSPS) is 11.9. The maximum atomic E-state index is 10.7. The van der Waals surface area contributed by atoms with Crippen LogP contribution in [0.4, 0.5) is 13.2 Å². The minimum absolute atomic E-state index is 1.14. The minimum atomic E-state index is -6.09. The molecular weight excluding hydrogens is 468 g/mol. The molecule has 0 fully saturated rings. The predicted octanol–water partition coefficient (Wildman–Crippen LogP) is 3.60. The number of halogens is 3. The number of hydrogen-bond donors (Lipinski definition) is 0. The van der Waals surface area contributed by atoms with Gasteiger partial charge in [0.25, 0.3) is 0 Å². The summed E-state index contributed by atoms with van der Waals surface area (Å²) >= 11 is -1.14. The quantitative estimate of drug-likeness (QED) is 0.323. The first kappa shape index (κ1) is 22.9. The van der Waals surface area contributed by atoms with E-state index in [2.05, 4.69) is 102 Å². The second-order valence-electron chi connectivity index (χ2n) is 5.58. The monoisotopic (exact) mass is 486 g/mol. The van der Waals surface area contributed by atoms with Crippen molar-refractivity contribution in [3.05, 3.63) is 102 Å². The van der Waals surface area contributed by atoms with Crippen LogP contribution in [-0.4, -0.2) is 32.4 Å². The van der Waals surface area contributed by atoms with E-state index in [1.165, 1.54) is 14.5 Å². The molecule has 29 heavy (non-hydrogen) atoms. The van der Waals surface area contributed by atoms with E-state index < -0.39 is 29.5 Å². The fraction of sp³-hybridized carbons (Fsp3) is 0.0476. The van der Waals surface area contributed by atoms with Gasteiger partial charge in [-0.15, -0.1) is 0 Å². The van der Waals surface area contributed by atoms with Crippen molar-refractivity contribution >= 4 is 39.0 Å². The van der Waals surface area contributed by atoms with Gasteiger partial charge in [0.2, 0.25) is 0 Å². The molecule has 8 heteroatoms. The molecule has 0 heterocycles. The third-order valence-electron chi connectivity index (χ3n) is 3.47. The zero-order valence-corrected chi connectivity index (χ0v) is 17.5. The van der Waals surface area contributed by atoms with E-state index in [0.717, 1.165) is 0 Å². The van der Waals surface area contributed by atoms with E-state index in [1.54, 1.807) is 0 Å². The largest absolute Gasteiger partial charge is 0.741 e. The van der Waals surface area contributed by atoms with Crippen molar-refractivity contribution in [3.63, 3.8) is 0 Å². The van der Waals surface area contributed by atoms with E-state index in [9.17, 15) is 13.2 Å². The molecule has 3 aromatic rings. The topological polar surface area (TPSA) is 57.2 Å². The Hall–Kier alpha value is -2.38. The summed E-state index contributed by atoms with van der Waals surface area (Å²) in [6.07, 6.45) is 2.25. The molecular formula is C21H17F3O3SSe. The molecule has 0 aliphatic carbocycles. The van der Waals surface area contributed by atoms with Crippen LogP contribution >= 0.6 is 0 Å². The van der Waals surface area contributed by atoms with Gasteiger partial charge < -0.3 is 4.55 Å². The van der Waals surface area contributed by atoms with Gasteiger partial charge in [0, 0.05) is 0 Å². The molecule has 3 nitrogen and oxygen atoms in total. The number of benzene rings is 3. The number of hydrogen-bond acceptors (Lipinski definition) is 3. The summed E-state index contributed by atoms with van der Waals surface area (Å²) < 4.78 is 61.8. The van der Waals surface area contributed by atoms with Crippen LogP contribution in [0.3, 0.4) is 0 Å². The van der Waals surface area contributed by atoms with Crippen LogP contribution < -0.4 is 8.92 Å². The van der Waals surface area contributed by atoms with Gasteiger partial charge in [-0.05, 0) is 0 Å². The van der Waals surface area contributed by atoms with Gasteiger partial charge in [0.15, 0.2) is 10.1 Å². The zero-order valence-electron chi connectivity index (χ0n) is 15.0. The summed E-state index contributed by atoms with van der Waals surface area (Å²) in [5.41, 5.74) is -4.38. The van der Waals surface area contributed by atoms with Crippen molar-refractivity contribution in [3.8, 4) is 0 Å². The molecule has 0 bridgehead atoms. The summed E-state index contributed by atoms with van der Waals surface area (Å²) in [7, 11) is -6.09. The average Bonchev–Trinajstić information content (AvgIpc) is 2.70. The standard InChI is InChI=1S/C20H17Se.CHF3O3S/c1-4-10-18(11-5-1)16-17-21(19-12-6-2-7-13-19)20-14-8-3-9-15-20;2-1(3,4)8(5,6)7/h1-17H;(H,5,6,7)/q+1;/p-1/b17-16+;. The van der Waals surface area contributed by atoms with Gasteiger partial charge in [-0.3, -0.25) is 0 Å². The maximum absolute atomic E-state index is 10.7. The fourth-order valence-electron chi connectivity index (χ4n) is 2.14. The van der Waals surface area contributed by atoms with Crippen molar-refractivity contribution in [1.29, 1.82) is 0 Å². The molecule has 3 aromatic carbocycles. The van der Waals surface area contributed by atoms with Gasteiger partial charge in [-0.1, -0.05) is 0 Å². The van der Waals surface area contributed by atoms with Crippen LogP contribution in [0.5, 0.6) is 0 Å². The zero-order chi connectivity index (χ0) is 21.3. The average molecular weight is 485 g/mol. The molecule has 0 aliphatic heterocycles. The van der Waals surface area contributed by atoms with E-state index in [-0.39, 0.29) is 0 Å². The van der Waals surface area contributed by atoms with E-state index in [0.29, 0.717) is 0 Å². The maximum Gasteiger partial charge on any atom is 0.485 e. The Kier molecular flexibility index (Phi) is 8.22. The van der Waals surface area contributed by atoms with Gasteiger partial charge in [0.1, 0.15) is 0 Å². The predicted molar refractivity (Wildman–Crippen MR) is 109 cm³/mol. The van der Waals surface area contributed by atoms with Gasteiger partial charge in [0.05, 0.1) is 0 Å². The Morgan fingerprint density at radius 2 is 1.07 bits per heavy atom. The number of alkyl halides is 3. The van der Waals surface area contributed by atoms with Crippen LogP contribution in [0.1, 0.15) is 5.56 Å². The summed E-state index contributed by atoms with van der Waals surface area (Å²) in [5, 5.41) is 0. The fourth-order valence-corrected chi connectivity index (χ4v) is 5.87. The summed E-state index contributed by atoms with van der Waals surface area (Å²) in [4.78, 5) is 2.40. The Bertz CT molecular complexity index is 968. The van der Waals surface area contributed by atoms with Gasteiger partial charge in [-0.2, -0.15) is 13.2 Å². The molecule has 0 aliphatic rings. The van der Waals surface area contributed by atoms with Crippen molar-refractivity contribution in [2.75, 3.05) is 0 Å². The SMILES string of the molecule is C(=C\[Se+](c1ccccc1)c1ccccc1)/c1ccccc1.O=S(=O)([O-])C(F)(F)F. The molecule has 0 saturated heterocycles. The Labute approximate surface area is 172 Å². The molecule has 0 spiro atoms. The van der Waals surface area contributed by atoms with Crippen LogP contribution in [0.25, 0.3) is 6.08 Å². The molecule has 0 saturated carbocycles. The first-order valence-corrected chi connectivity index (χ1v) is 12.4. The molecule has 0 amide bonds. The second kappa shape index (κ2) is 10.4. The van der Waals surface area contributed by atoms with E-state index in [1.807, 2.05) is 0 Å². The third kappa shape index (κ3) is 7.51. The van der Waals surface area contributed by atoms with Crippen LogP contribution in [0.2, 0.25) is 0 Å². The van der Waals surface area contributed by atoms with Crippen molar-refractivity contribution in [2.24, 2.45) is 0 Å². The molecule has 3 rings (SSSR count). The Balaban J connectivity index is 0.000000321. The van der Waals surface area contributed by atoms with Crippen LogP contribution in [0, 0.1) is 0 Å². The summed E-state index contributed by atoms with van der Waals surface area (Å²) in [5.74, 6) is 0. The molecule has 0 radical (unpaired) electrons. The molecule has 0 atom stereocenters. The smallest absolute Gasteiger partial charge is 0.485 e. The number of rotatable bonds is 4. The van der Waals surface area contributed by atoms with Gasteiger partial charge >= 0.3 is 136 Å². The van der Waals surface area contributed by atoms with Gasteiger partial charge in [-0.25, -0.2) is 8.42 Å². The van der Waals surface area contributed by atoms with Crippen molar-refractivity contribution < 1.29 is 26.1 Å². The van der Waals surface area contributed by atoms with Crippen LogP contribution in [-0.2, 0) is 10.1 Å². The van der Waals surface area contributed by atoms with Crippen molar-refractivity contribution in [2.45, 2.75) is 5.51 Å². The first-order chi connectivity index (χ1) is 13.7. The second-order valence-corrected chi connectivity index (χ2v) is 10.9. The third-order valence-corrected chi connectivity index (χ3v) is 8.17. The molecule has 0 aromatic heterocycles. The Morgan fingerprint density at radius 1 is 0.724 bits per heavy atom.